The first-order valence-corrected chi connectivity index (χ1v) is 10.7. The second-order valence-corrected chi connectivity index (χ2v) is 7.60. The highest BCUT2D eigenvalue weighted by molar-refractivity contribution is 5.99. The van der Waals surface area contributed by atoms with Crippen LogP contribution in [0, 0.1) is 5.82 Å². The van der Waals surface area contributed by atoms with Gasteiger partial charge in [0.05, 0.1) is 25.1 Å². The van der Waals surface area contributed by atoms with Crippen LogP contribution in [0.4, 0.5) is 27.4 Å². The Morgan fingerprint density at radius 3 is 2.82 bits per heavy atom. The van der Waals surface area contributed by atoms with Crippen molar-refractivity contribution in [3.8, 4) is 11.3 Å². The van der Waals surface area contributed by atoms with Crippen LogP contribution >= 0.6 is 0 Å². The molecule has 0 bridgehead atoms. The number of amides is 1. The Labute approximate surface area is 194 Å². The van der Waals surface area contributed by atoms with Crippen molar-refractivity contribution in [2.24, 2.45) is 0 Å². The van der Waals surface area contributed by atoms with E-state index in [4.69, 9.17) is 9.26 Å². The summed E-state index contributed by atoms with van der Waals surface area (Å²) in [7, 11) is 0. The summed E-state index contributed by atoms with van der Waals surface area (Å²) in [5, 5.41) is 9.75. The molecule has 2 aromatic heterocycles. The zero-order valence-corrected chi connectivity index (χ0v) is 18.1. The van der Waals surface area contributed by atoms with E-state index in [-0.39, 0.29) is 17.5 Å². The Morgan fingerprint density at radius 1 is 1.18 bits per heavy atom. The van der Waals surface area contributed by atoms with Crippen molar-refractivity contribution in [2.75, 3.05) is 41.8 Å². The van der Waals surface area contributed by atoms with E-state index in [9.17, 15) is 9.18 Å². The lowest BCUT2D eigenvalue weighted by Gasteiger charge is -2.29. The van der Waals surface area contributed by atoms with E-state index in [1.807, 2.05) is 12.1 Å². The number of rotatable bonds is 6. The lowest BCUT2D eigenvalue weighted by molar-refractivity contribution is -0.111. The summed E-state index contributed by atoms with van der Waals surface area (Å²) < 4.78 is 25.5. The molecule has 2 aromatic carbocycles. The monoisotopic (exact) mass is 460 g/mol. The minimum atomic E-state index is -0.413. The second kappa shape index (κ2) is 9.28. The van der Waals surface area contributed by atoms with Crippen LogP contribution in [0.5, 0.6) is 0 Å². The van der Waals surface area contributed by atoms with Crippen molar-refractivity contribution < 1.29 is 18.4 Å². The number of benzene rings is 2. The zero-order valence-electron chi connectivity index (χ0n) is 18.1. The lowest BCUT2D eigenvalue weighted by atomic mass is 10.1. The minimum absolute atomic E-state index is 0.200. The van der Waals surface area contributed by atoms with Crippen LogP contribution in [0.15, 0.2) is 65.8 Å². The van der Waals surface area contributed by atoms with E-state index in [0.29, 0.717) is 41.3 Å². The average Bonchev–Trinajstić information content (AvgIpc) is 3.29. The fraction of sp³-hybridized carbons (Fsp3) is 0.167. The highest BCUT2D eigenvalue weighted by Gasteiger charge is 2.16. The molecule has 5 rings (SSSR count). The molecule has 0 atom stereocenters. The summed E-state index contributed by atoms with van der Waals surface area (Å²) in [5.41, 5.74) is 3.62. The summed E-state index contributed by atoms with van der Waals surface area (Å²) in [6.45, 7) is 6.15. The van der Waals surface area contributed by atoms with Crippen LogP contribution in [-0.2, 0) is 9.53 Å². The number of anilines is 4. The molecule has 3 heterocycles. The van der Waals surface area contributed by atoms with Crippen molar-refractivity contribution in [3.05, 3.63) is 67.1 Å². The topological polar surface area (TPSA) is 105 Å². The van der Waals surface area contributed by atoms with Crippen molar-refractivity contribution >= 4 is 40.0 Å². The number of hydrogen-bond donors (Lipinski definition) is 2. The Hall–Kier alpha value is -4.31. The van der Waals surface area contributed by atoms with Gasteiger partial charge < -0.3 is 24.8 Å². The quantitative estimate of drug-likeness (QED) is 0.414. The van der Waals surface area contributed by atoms with E-state index < -0.39 is 5.82 Å². The van der Waals surface area contributed by atoms with Gasteiger partial charge in [0, 0.05) is 30.0 Å². The van der Waals surface area contributed by atoms with Gasteiger partial charge in [-0.3, -0.25) is 4.79 Å². The molecule has 1 fully saturated rings. The van der Waals surface area contributed by atoms with Crippen LogP contribution in [-0.4, -0.2) is 47.3 Å². The number of aromatic nitrogens is 3. The molecule has 1 amide bonds. The molecule has 0 aliphatic carbocycles. The maximum atomic E-state index is 14.8. The molecule has 1 aliphatic heterocycles. The standard InChI is InChI=1S/C24H21FN6O3/c1-2-21(32)27-16-5-3-4-15(12-16)22-23-20(34-30-22)14-26-24(29-23)28-19-7-6-17(13-18(19)25)31-8-10-33-11-9-31/h2-7,12-14H,1,8-11H2,(H,27,32)(H,26,28,29). The normalized spacial score (nSPS) is 13.6. The number of ether oxygens (including phenoxy) is 1. The van der Waals surface area contributed by atoms with E-state index in [1.165, 1.54) is 18.3 Å². The Bertz CT molecular complexity index is 1370. The summed E-state index contributed by atoms with van der Waals surface area (Å²) in [6.07, 6.45) is 2.67. The van der Waals surface area contributed by atoms with Gasteiger partial charge in [-0.2, -0.15) is 0 Å². The maximum Gasteiger partial charge on any atom is 0.247 e. The van der Waals surface area contributed by atoms with Crippen LogP contribution in [0.1, 0.15) is 0 Å². The molecule has 4 aromatic rings. The first-order chi connectivity index (χ1) is 16.6. The average molecular weight is 460 g/mol. The molecular formula is C24H21FN6O3. The molecule has 34 heavy (non-hydrogen) atoms. The number of carbonyl (C=O) groups excluding carboxylic acids is 1. The predicted octanol–water partition coefficient (Wildman–Crippen LogP) is 4.13. The highest BCUT2D eigenvalue weighted by atomic mass is 19.1. The number of carbonyl (C=O) groups is 1. The molecule has 1 saturated heterocycles. The highest BCUT2D eigenvalue weighted by Crippen LogP contribution is 2.30. The van der Waals surface area contributed by atoms with Gasteiger partial charge in [0.25, 0.3) is 0 Å². The van der Waals surface area contributed by atoms with Crippen LogP contribution < -0.4 is 15.5 Å². The molecule has 9 nitrogen and oxygen atoms in total. The lowest BCUT2D eigenvalue weighted by Crippen LogP contribution is -2.36. The number of hydrogen-bond acceptors (Lipinski definition) is 8. The Kier molecular flexibility index (Phi) is 5.88. The van der Waals surface area contributed by atoms with Crippen molar-refractivity contribution in [1.82, 2.24) is 15.1 Å². The molecule has 2 N–H and O–H groups in total. The molecule has 0 radical (unpaired) electrons. The summed E-state index contributed by atoms with van der Waals surface area (Å²) >= 11 is 0. The fourth-order valence-corrected chi connectivity index (χ4v) is 3.68. The van der Waals surface area contributed by atoms with E-state index >= 15 is 0 Å². The summed E-state index contributed by atoms with van der Waals surface area (Å²) in [4.78, 5) is 22.4. The van der Waals surface area contributed by atoms with Crippen molar-refractivity contribution in [3.63, 3.8) is 0 Å². The van der Waals surface area contributed by atoms with Gasteiger partial charge in [0.1, 0.15) is 17.0 Å². The van der Waals surface area contributed by atoms with Gasteiger partial charge in [-0.15, -0.1) is 0 Å². The van der Waals surface area contributed by atoms with Crippen LogP contribution in [0.3, 0.4) is 0 Å². The molecule has 10 heteroatoms. The molecule has 0 saturated carbocycles. The first-order valence-electron chi connectivity index (χ1n) is 10.7. The van der Waals surface area contributed by atoms with Crippen LogP contribution in [0.2, 0.25) is 0 Å². The van der Waals surface area contributed by atoms with Gasteiger partial charge in [-0.1, -0.05) is 23.9 Å². The predicted molar refractivity (Wildman–Crippen MR) is 127 cm³/mol. The Balaban J connectivity index is 1.41. The number of morpholine rings is 1. The molecule has 0 spiro atoms. The largest absolute Gasteiger partial charge is 0.378 e. The zero-order chi connectivity index (χ0) is 23.5. The maximum absolute atomic E-state index is 14.8. The number of nitrogens with zero attached hydrogens (tertiary/aromatic N) is 4. The minimum Gasteiger partial charge on any atom is -0.378 e. The van der Waals surface area contributed by atoms with Crippen molar-refractivity contribution in [1.29, 1.82) is 0 Å². The third kappa shape index (κ3) is 4.44. The molecular weight excluding hydrogens is 439 g/mol. The van der Waals surface area contributed by atoms with Gasteiger partial charge in [0.15, 0.2) is 0 Å². The van der Waals surface area contributed by atoms with Gasteiger partial charge >= 0.3 is 0 Å². The van der Waals surface area contributed by atoms with Gasteiger partial charge in [-0.05, 0) is 36.4 Å². The molecule has 1 aliphatic rings. The third-order valence-electron chi connectivity index (χ3n) is 5.38. The summed E-state index contributed by atoms with van der Waals surface area (Å²) in [5.74, 6) is -0.535. The van der Waals surface area contributed by atoms with Crippen LogP contribution in [0.25, 0.3) is 22.4 Å². The number of nitrogens with one attached hydrogen (secondary N) is 2. The van der Waals surface area contributed by atoms with Gasteiger partial charge in [-0.25, -0.2) is 14.4 Å². The van der Waals surface area contributed by atoms with E-state index in [2.05, 4.69) is 37.2 Å². The number of fused-ring (bicyclic) bond motifs is 1. The second-order valence-electron chi connectivity index (χ2n) is 7.60. The van der Waals surface area contributed by atoms with Crippen molar-refractivity contribution in [2.45, 2.75) is 0 Å². The molecule has 172 valence electrons. The fourth-order valence-electron chi connectivity index (χ4n) is 3.68. The third-order valence-corrected chi connectivity index (χ3v) is 5.38. The van der Waals surface area contributed by atoms with Gasteiger partial charge in [0.2, 0.25) is 17.4 Å². The molecule has 0 unspecified atom stereocenters. The number of halogens is 1. The SMILES string of the molecule is C=CC(=O)Nc1cccc(-c2noc3cnc(Nc4ccc(N5CCOCC5)cc4F)nc23)c1. The summed E-state index contributed by atoms with van der Waals surface area (Å²) in [6, 6.07) is 12.1. The van der Waals surface area contributed by atoms with E-state index in [0.717, 1.165) is 18.8 Å². The Morgan fingerprint density at radius 2 is 2.03 bits per heavy atom. The smallest absolute Gasteiger partial charge is 0.247 e. The first kappa shape index (κ1) is 21.5. The van der Waals surface area contributed by atoms with E-state index in [1.54, 1.807) is 24.3 Å².